The maximum atomic E-state index is 13.7. The summed E-state index contributed by atoms with van der Waals surface area (Å²) in [5, 5.41) is -1.76. The smallest absolute Gasteiger partial charge is 0.448 e. The Bertz CT molecular complexity index is 633. The second-order valence-electron chi connectivity index (χ2n) is 8.27. The quantitative estimate of drug-likeness (QED) is 0.739. The fraction of sp³-hybridized carbons (Fsp3) is 0.588. The number of rotatable bonds is 2. The van der Waals surface area contributed by atoms with Gasteiger partial charge in [0.05, 0.1) is 0 Å². The highest BCUT2D eigenvalue weighted by atomic mass is 19.4. The Labute approximate surface area is 140 Å². The maximum Gasteiger partial charge on any atom is 0.486 e. The van der Waals surface area contributed by atoms with Crippen LogP contribution >= 0.6 is 0 Å². The fourth-order valence-electron chi connectivity index (χ4n) is 4.20. The molecule has 1 aromatic carbocycles. The number of amides is 1. The zero-order valence-corrected chi connectivity index (χ0v) is 14.2. The average molecular weight is 340 g/mol. The van der Waals surface area contributed by atoms with Crippen molar-refractivity contribution in [1.82, 2.24) is 4.90 Å². The van der Waals surface area contributed by atoms with Crippen LogP contribution in [0.15, 0.2) is 30.3 Å². The monoisotopic (exact) mass is 340 g/mol. The SMILES string of the molecule is CC(C)(C)OC(=O)N1CC2(c3ccccc3)CC([B-](F)(F)F)(C1)C2. The van der Waals surface area contributed by atoms with Crippen molar-refractivity contribution in [3.05, 3.63) is 35.9 Å². The molecule has 2 bridgehead atoms. The van der Waals surface area contributed by atoms with Crippen LogP contribution in [0.5, 0.6) is 0 Å². The summed E-state index contributed by atoms with van der Waals surface area (Å²) < 4.78 is 46.4. The molecule has 0 aromatic heterocycles. The standard InChI is InChI=1S/C17H22BF3NO2/c1-15(2,3)24-14(23)22-11-16(13-7-5-4-6-8-13)9-17(10-16,12-22)18(19,20)21/h4-8H,9-12H2,1-3H3/q-1. The minimum absolute atomic E-state index is 0.0623. The van der Waals surface area contributed by atoms with Crippen LogP contribution in [0, 0.1) is 0 Å². The maximum absolute atomic E-state index is 13.7. The third-order valence-electron chi connectivity index (χ3n) is 5.11. The molecule has 2 aliphatic heterocycles. The van der Waals surface area contributed by atoms with Crippen LogP contribution in [0.2, 0.25) is 5.31 Å². The summed E-state index contributed by atoms with van der Waals surface area (Å²) >= 11 is 0. The molecule has 2 heterocycles. The van der Waals surface area contributed by atoms with Crippen LogP contribution in [-0.2, 0) is 10.2 Å². The molecule has 2 saturated heterocycles. The number of carbonyl (C=O) groups excluding carboxylic acids is 1. The van der Waals surface area contributed by atoms with E-state index in [0.29, 0.717) is 0 Å². The van der Waals surface area contributed by atoms with Crippen molar-refractivity contribution >= 4 is 13.1 Å². The van der Waals surface area contributed by atoms with Gasteiger partial charge in [0.2, 0.25) is 0 Å². The molecule has 4 rings (SSSR count). The topological polar surface area (TPSA) is 29.5 Å². The first-order valence-electron chi connectivity index (χ1n) is 8.19. The molecular weight excluding hydrogens is 318 g/mol. The highest BCUT2D eigenvalue weighted by molar-refractivity contribution is 6.62. The second-order valence-corrected chi connectivity index (χ2v) is 8.27. The molecule has 3 nitrogen and oxygen atoms in total. The Balaban J connectivity index is 1.90. The molecule has 7 heteroatoms. The van der Waals surface area contributed by atoms with Crippen molar-refractivity contribution in [2.75, 3.05) is 13.1 Å². The normalized spacial score (nSPS) is 29.8. The molecule has 0 spiro atoms. The lowest BCUT2D eigenvalue weighted by atomic mass is 9.35. The second kappa shape index (κ2) is 5.17. The lowest BCUT2D eigenvalue weighted by molar-refractivity contribution is -0.0352. The van der Waals surface area contributed by atoms with Gasteiger partial charge in [-0.05, 0) is 31.6 Å². The largest absolute Gasteiger partial charge is 0.486 e. The highest BCUT2D eigenvalue weighted by Gasteiger charge is 2.67. The summed E-state index contributed by atoms with van der Waals surface area (Å²) in [7, 11) is 0. The van der Waals surface area contributed by atoms with Gasteiger partial charge in [-0.2, -0.15) is 0 Å². The van der Waals surface area contributed by atoms with E-state index in [1.54, 1.807) is 20.8 Å². The molecule has 1 amide bonds. The highest BCUT2D eigenvalue weighted by Crippen LogP contribution is 2.69. The molecule has 1 aliphatic carbocycles. The number of benzene rings is 1. The van der Waals surface area contributed by atoms with E-state index in [1.807, 2.05) is 30.3 Å². The molecule has 0 radical (unpaired) electrons. The number of ether oxygens (including phenoxy) is 1. The van der Waals surface area contributed by atoms with Gasteiger partial charge in [0.1, 0.15) is 5.60 Å². The summed E-state index contributed by atoms with van der Waals surface area (Å²) in [6.07, 6.45) is -0.536. The number of carbonyl (C=O) groups is 1. The van der Waals surface area contributed by atoms with E-state index in [-0.39, 0.29) is 25.9 Å². The lowest BCUT2D eigenvalue weighted by Gasteiger charge is -2.67. The van der Waals surface area contributed by atoms with Crippen molar-refractivity contribution < 1.29 is 22.5 Å². The van der Waals surface area contributed by atoms with Crippen molar-refractivity contribution in [3.63, 3.8) is 0 Å². The zero-order valence-electron chi connectivity index (χ0n) is 14.2. The summed E-state index contributed by atoms with van der Waals surface area (Å²) in [5.41, 5.74) is -0.475. The number of nitrogens with zero attached hydrogens (tertiary/aromatic N) is 1. The van der Waals surface area contributed by atoms with Gasteiger partial charge >= 0.3 is 13.1 Å². The summed E-state index contributed by atoms with van der Waals surface area (Å²) in [4.78, 5) is 13.6. The molecule has 132 valence electrons. The Morgan fingerprint density at radius 1 is 1.12 bits per heavy atom. The van der Waals surface area contributed by atoms with Gasteiger partial charge in [-0.3, -0.25) is 0 Å². The first-order valence-corrected chi connectivity index (χ1v) is 8.19. The number of piperidine rings is 2. The molecule has 3 fully saturated rings. The van der Waals surface area contributed by atoms with Crippen LogP contribution in [-0.4, -0.2) is 36.7 Å². The Hall–Kier alpha value is -1.66. The molecular formula is C17H22BF3NO2-. The van der Waals surface area contributed by atoms with E-state index in [9.17, 15) is 17.7 Å². The van der Waals surface area contributed by atoms with Crippen LogP contribution in [0.4, 0.5) is 17.7 Å². The Morgan fingerprint density at radius 2 is 1.71 bits per heavy atom. The first kappa shape index (κ1) is 17.2. The van der Waals surface area contributed by atoms with Gasteiger partial charge in [0.25, 0.3) is 0 Å². The van der Waals surface area contributed by atoms with Gasteiger partial charge in [0.15, 0.2) is 0 Å². The van der Waals surface area contributed by atoms with Crippen LogP contribution in [0.25, 0.3) is 0 Å². The average Bonchev–Trinajstić information content (AvgIpc) is 2.44. The molecule has 0 atom stereocenters. The number of hydrogen-bond donors (Lipinski definition) is 0. The third kappa shape index (κ3) is 2.78. The molecule has 1 aromatic rings. The van der Waals surface area contributed by atoms with Crippen LogP contribution < -0.4 is 0 Å². The zero-order chi connectivity index (χ0) is 17.8. The lowest BCUT2D eigenvalue weighted by Crippen LogP contribution is -2.68. The van der Waals surface area contributed by atoms with Gasteiger partial charge in [0, 0.05) is 18.5 Å². The third-order valence-corrected chi connectivity index (χ3v) is 5.11. The predicted octanol–water partition coefficient (Wildman–Crippen LogP) is 4.56. The van der Waals surface area contributed by atoms with E-state index in [2.05, 4.69) is 0 Å². The fourth-order valence-corrected chi connectivity index (χ4v) is 4.20. The predicted molar refractivity (Wildman–Crippen MR) is 86.9 cm³/mol. The Kier molecular flexibility index (Phi) is 3.70. The van der Waals surface area contributed by atoms with Gasteiger partial charge in [-0.15, -0.1) is 0 Å². The minimum Gasteiger partial charge on any atom is -0.448 e. The summed E-state index contributed by atoms with van der Waals surface area (Å²) in [6, 6.07) is 9.20. The Morgan fingerprint density at radius 3 is 2.21 bits per heavy atom. The van der Waals surface area contributed by atoms with Crippen molar-refractivity contribution in [2.24, 2.45) is 0 Å². The van der Waals surface area contributed by atoms with E-state index in [4.69, 9.17) is 4.74 Å². The van der Waals surface area contributed by atoms with Crippen molar-refractivity contribution in [2.45, 2.75) is 49.9 Å². The summed E-state index contributed by atoms with van der Waals surface area (Å²) in [6.45, 7) is 0.0981. The van der Waals surface area contributed by atoms with E-state index >= 15 is 0 Å². The molecule has 3 aliphatic rings. The first-order chi connectivity index (χ1) is 11.0. The van der Waals surface area contributed by atoms with E-state index < -0.39 is 29.4 Å². The molecule has 24 heavy (non-hydrogen) atoms. The van der Waals surface area contributed by atoms with Gasteiger partial charge < -0.3 is 22.6 Å². The molecule has 1 saturated carbocycles. The minimum atomic E-state index is -5.03. The van der Waals surface area contributed by atoms with E-state index in [1.165, 1.54) is 4.90 Å². The molecule has 0 N–H and O–H groups in total. The molecule has 0 unspecified atom stereocenters. The number of halogens is 3. The van der Waals surface area contributed by atoms with Crippen molar-refractivity contribution in [1.29, 1.82) is 0 Å². The van der Waals surface area contributed by atoms with E-state index in [0.717, 1.165) is 5.56 Å². The van der Waals surface area contributed by atoms with Gasteiger partial charge in [-0.1, -0.05) is 43.2 Å². The van der Waals surface area contributed by atoms with Gasteiger partial charge in [-0.25, -0.2) is 4.79 Å². The van der Waals surface area contributed by atoms with Crippen LogP contribution in [0.3, 0.4) is 0 Å². The number of fused-ring (bicyclic) bond motifs is 2. The van der Waals surface area contributed by atoms with Crippen LogP contribution in [0.1, 0.15) is 39.2 Å². The van der Waals surface area contributed by atoms with Crippen molar-refractivity contribution in [3.8, 4) is 0 Å². The number of hydrogen-bond acceptors (Lipinski definition) is 2. The summed E-state index contributed by atoms with van der Waals surface area (Å²) in [5.74, 6) is 0.